The highest BCUT2D eigenvalue weighted by Crippen LogP contribution is 2.14. The van der Waals surface area contributed by atoms with Gasteiger partial charge in [0, 0.05) is 19.6 Å². The van der Waals surface area contributed by atoms with E-state index in [1.165, 1.54) is 43.5 Å². The van der Waals surface area contributed by atoms with Crippen LogP contribution in [0, 0.1) is 0 Å². The zero-order valence-electron chi connectivity index (χ0n) is 19.7. The normalized spacial score (nSPS) is 15.5. The summed E-state index contributed by atoms with van der Waals surface area (Å²) in [6, 6.07) is 18.7. The number of aliphatic hydroxyl groups excluding tert-OH is 1. The van der Waals surface area contributed by atoms with Gasteiger partial charge < -0.3 is 20.5 Å². The number of nitrogens with one attached hydrogen (secondary N) is 2. The van der Waals surface area contributed by atoms with Crippen LogP contribution in [0.15, 0.2) is 59.6 Å². The lowest BCUT2D eigenvalue weighted by atomic mass is 10.1. The number of nitrogens with zero attached hydrogens (tertiary/aromatic N) is 2. The topological polar surface area (TPSA) is 69.1 Å². The Balaban J connectivity index is 0.00000385. The average Bonchev–Trinajstić information content (AvgIpc) is 2.83. The van der Waals surface area contributed by atoms with Crippen LogP contribution in [-0.4, -0.2) is 54.9 Å². The molecule has 1 unspecified atom stereocenters. The molecule has 1 saturated heterocycles. The first-order valence-electron chi connectivity index (χ1n) is 11.8. The number of rotatable bonds is 11. The van der Waals surface area contributed by atoms with E-state index in [2.05, 4.69) is 44.8 Å². The zero-order valence-corrected chi connectivity index (χ0v) is 22.0. The van der Waals surface area contributed by atoms with Crippen molar-refractivity contribution in [2.45, 2.75) is 52.0 Å². The minimum atomic E-state index is -0.600. The van der Waals surface area contributed by atoms with Crippen molar-refractivity contribution in [2.75, 3.05) is 32.8 Å². The number of piperidine rings is 1. The van der Waals surface area contributed by atoms with Gasteiger partial charge in [0.25, 0.3) is 0 Å². The van der Waals surface area contributed by atoms with E-state index in [1.54, 1.807) is 0 Å². The molecule has 1 fully saturated rings. The summed E-state index contributed by atoms with van der Waals surface area (Å²) in [6.45, 7) is 8.03. The van der Waals surface area contributed by atoms with E-state index in [0.717, 1.165) is 18.7 Å². The smallest absolute Gasteiger partial charge is 0.191 e. The Morgan fingerprint density at radius 2 is 1.67 bits per heavy atom. The van der Waals surface area contributed by atoms with Gasteiger partial charge in [-0.3, -0.25) is 4.90 Å². The molecule has 0 amide bonds. The fraction of sp³-hybridized carbons (Fsp3) is 0.500. The fourth-order valence-electron chi connectivity index (χ4n) is 3.80. The lowest BCUT2D eigenvalue weighted by molar-refractivity contribution is 0.0308. The molecule has 0 bridgehead atoms. The van der Waals surface area contributed by atoms with Crippen LogP contribution in [0.1, 0.15) is 42.9 Å². The number of aliphatic imine (C=N–C) groups is 1. The molecule has 3 rings (SSSR count). The van der Waals surface area contributed by atoms with Gasteiger partial charge in [-0.15, -0.1) is 24.0 Å². The van der Waals surface area contributed by atoms with Crippen LogP contribution in [0.5, 0.6) is 0 Å². The summed E-state index contributed by atoms with van der Waals surface area (Å²) < 4.78 is 5.61. The second-order valence-electron chi connectivity index (χ2n) is 8.38. The maximum Gasteiger partial charge on any atom is 0.191 e. The molecule has 1 heterocycles. The van der Waals surface area contributed by atoms with Gasteiger partial charge in [0.15, 0.2) is 5.96 Å². The van der Waals surface area contributed by atoms with Crippen molar-refractivity contribution in [3.8, 4) is 0 Å². The highest BCUT2D eigenvalue weighted by molar-refractivity contribution is 14.0. The molecule has 0 spiro atoms. The minimum absolute atomic E-state index is 0. The number of benzene rings is 2. The summed E-state index contributed by atoms with van der Waals surface area (Å²) in [7, 11) is 0. The first-order valence-corrected chi connectivity index (χ1v) is 11.8. The molecule has 33 heavy (non-hydrogen) atoms. The average molecular weight is 567 g/mol. The first kappa shape index (κ1) is 27.6. The maximum atomic E-state index is 10.2. The Kier molecular flexibility index (Phi) is 13.4. The molecule has 0 radical (unpaired) electrons. The van der Waals surface area contributed by atoms with E-state index in [0.29, 0.717) is 25.7 Å². The highest BCUT2D eigenvalue weighted by Gasteiger charge is 2.10. The van der Waals surface area contributed by atoms with E-state index in [1.807, 2.05) is 37.3 Å². The van der Waals surface area contributed by atoms with Crippen molar-refractivity contribution >= 4 is 29.9 Å². The molecule has 1 aliphatic rings. The zero-order chi connectivity index (χ0) is 22.4. The van der Waals surface area contributed by atoms with Crippen molar-refractivity contribution in [1.82, 2.24) is 15.5 Å². The van der Waals surface area contributed by atoms with Gasteiger partial charge in [-0.2, -0.15) is 0 Å². The van der Waals surface area contributed by atoms with Gasteiger partial charge in [-0.05, 0) is 49.5 Å². The van der Waals surface area contributed by atoms with E-state index in [-0.39, 0.29) is 30.6 Å². The van der Waals surface area contributed by atoms with Crippen LogP contribution in [-0.2, 0) is 24.4 Å². The summed E-state index contributed by atoms with van der Waals surface area (Å²) >= 11 is 0. The quantitative estimate of drug-likeness (QED) is 0.219. The van der Waals surface area contributed by atoms with Crippen LogP contribution in [0.3, 0.4) is 0 Å². The number of hydrogen-bond donors (Lipinski definition) is 3. The molecule has 0 aromatic heterocycles. The van der Waals surface area contributed by atoms with Crippen LogP contribution >= 0.6 is 24.0 Å². The molecule has 7 heteroatoms. The van der Waals surface area contributed by atoms with Crippen LogP contribution in [0.25, 0.3) is 0 Å². The number of guanidine groups is 1. The Hall–Kier alpha value is -1.68. The molecule has 6 nitrogen and oxygen atoms in total. The second-order valence-corrected chi connectivity index (χ2v) is 8.38. The molecular weight excluding hydrogens is 527 g/mol. The van der Waals surface area contributed by atoms with Crippen molar-refractivity contribution in [1.29, 1.82) is 0 Å². The van der Waals surface area contributed by atoms with Gasteiger partial charge in [0.1, 0.15) is 0 Å². The van der Waals surface area contributed by atoms with Gasteiger partial charge in [-0.1, -0.05) is 61.0 Å². The maximum absolute atomic E-state index is 10.2. The summed E-state index contributed by atoms with van der Waals surface area (Å²) in [5.41, 5.74) is 3.64. The Morgan fingerprint density at radius 3 is 2.36 bits per heavy atom. The van der Waals surface area contributed by atoms with E-state index in [9.17, 15) is 5.11 Å². The van der Waals surface area contributed by atoms with Crippen molar-refractivity contribution in [3.05, 3.63) is 71.3 Å². The highest BCUT2D eigenvalue weighted by atomic mass is 127. The number of aliphatic hydroxyl groups is 1. The fourth-order valence-corrected chi connectivity index (χ4v) is 3.80. The number of ether oxygens (including phenoxy) is 1. The van der Waals surface area contributed by atoms with E-state index in [4.69, 9.17) is 4.74 Å². The molecule has 2 aromatic rings. The van der Waals surface area contributed by atoms with E-state index < -0.39 is 6.10 Å². The monoisotopic (exact) mass is 566 g/mol. The molecule has 0 saturated carbocycles. The Bertz CT molecular complexity index is 796. The molecular formula is C26H39IN4O2. The van der Waals surface area contributed by atoms with Crippen molar-refractivity contribution in [2.24, 2.45) is 4.99 Å². The predicted octanol–water partition coefficient (Wildman–Crippen LogP) is 3.92. The second kappa shape index (κ2) is 16.0. The Labute approximate surface area is 215 Å². The Morgan fingerprint density at radius 1 is 0.970 bits per heavy atom. The number of halogens is 1. The largest absolute Gasteiger partial charge is 0.389 e. The third-order valence-corrected chi connectivity index (χ3v) is 5.57. The van der Waals surface area contributed by atoms with Gasteiger partial charge in [-0.25, -0.2) is 4.99 Å². The lowest BCUT2D eigenvalue weighted by Crippen LogP contribution is -2.42. The van der Waals surface area contributed by atoms with Crippen LogP contribution in [0.4, 0.5) is 0 Å². The number of likely N-dealkylation sites (tertiary alicyclic amines) is 1. The summed E-state index contributed by atoms with van der Waals surface area (Å²) in [5, 5.41) is 16.7. The minimum Gasteiger partial charge on any atom is -0.389 e. The molecule has 3 N–H and O–H groups in total. The third-order valence-electron chi connectivity index (χ3n) is 5.57. The van der Waals surface area contributed by atoms with Gasteiger partial charge in [0.05, 0.1) is 25.9 Å². The SMILES string of the molecule is CCNC(=NCc1ccc(CN2CCCCC2)cc1)NCC(O)COCc1ccccc1.I. The van der Waals surface area contributed by atoms with Crippen LogP contribution < -0.4 is 10.6 Å². The van der Waals surface area contributed by atoms with Gasteiger partial charge in [0.2, 0.25) is 0 Å². The standard InChI is InChI=1S/C26H38N4O2.HI/c1-2-27-26(29-18-25(31)21-32-20-24-9-5-3-6-10-24)28-17-22-11-13-23(14-12-22)19-30-15-7-4-8-16-30;/h3,5-6,9-14,25,31H,2,4,7-8,15-21H2,1H3,(H2,27,28,29);1H. The molecule has 182 valence electrons. The molecule has 1 atom stereocenters. The van der Waals surface area contributed by atoms with Crippen molar-refractivity contribution < 1.29 is 9.84 Å². The molecule has 1 aliphatic heterocycles. The summed E-state index contributed by atoms with van der Waals surface area (Å²) in [6.07, 6.45) is 3.41. The van der Waals surface area contributed by atoms with E-state index >= 15 is 0 Å². The third kappa shape index (κ3) is 10.9. The molecule has 2 aromatic carbocycles. The van der Waals surface area contributed by atoms with Crippen molar-refractivity contribution in [3.63, 3.8) is 0 Å². The van der Waals surface area contributed by atoms with Crippen LogP contribution in [0.2, 0.25) is 0 Å². The number of hydrogen-bond acceptors (Lipinski definition) is 4. The summed E-state index contributed by atoms with van der Waals surface area (Å²) in [5.74, 6) is 0.701. The first-order chi connectivity index (χ1) is 15.7. The van der Waals surface area contributed by atoms with Gasteiger partial charge >= 0.3 is 0 Å². The predicted molar refractivity (Wildman–Crippen MR) is 146 cm³/mol. The molecule has 0 aliphatic carbocycles. The lowest BCUT2D eigenvalue weighted by Gasteiger charge is -2.26. The summed E-state index contributed by atoms with van der Waals surface area (Å²) in [4.78, 5) is 7.20.